The zero-order chi connectivity index (χ0) is 13.6. The molecule has 0 spiro atoms. The number of piperidine rings is 1. The summed E-state index contributed by atoms with van der Waals surface area (Å²) in [5, 5.41) is 3.49. The van der Waals surface area contributed by atoms with Crippen molar-refractivity contribution in [2.75, 3.05) is 31.6 Å². The van der Waals surface area contributed by atoms with Gasteiger partial charge in [-0.1, -0.05) is 20.3 Å². The number of rotatable bonds is 7. The molecule has 18 heavy (non-hydrogen) atoms. The third-order valence-electron chi connectivity index (χ3n) is 3.47. The highest BCUT2D eigenvalue weighted by Crippen LogP contribution is 2.16. The minimum atomic E-state index is -2.81. The van der Waals surface area contributed by atoms with Gasteiger partial charge in [0.05, 0.1) is 5.75 Å². The molecular formula is C13H28N2O2S. The molecule has 0 bridgehead atoms. The van der Waals surface area contributed by atoms with Gasteiger partial charge in [0.2, 0.25) is 0 Å². The van der Waals surface area contributed by atoms with Gasteiger partial charge >= 0.3 is 0 Å². The zero-order valence-corrected chi connectivity index (χ0v) is 12.8. The van der Waals surface area contributed by atoms with Crippen LogP contribution < -0.4 is 5.32 Å². The summed E-state index contributed by atoms with van der Waals surface area (Å²) in [7, 11) is -2.81. The van der Waals surface area contributed by atoms with Crippen LogP contribution in [-0.2, 0) is 9.84 Å². The van der Waals surface area contributed by atoms with Gasteiger partial charge in [0.15, 0.2) is 0 Å². The van der Waals surface area contributed by atoms with Crippen LogP contribution in [0.4, 0.5) is 0 Å². The van der Waals surface area contributed by atoms with E-state index in [0.29, 0.717) is 17.8 Å². The van der Waals surface area contributed by atoms with Crippen molar-refractivity contribution in [3.63, 3.8) is 0 Å². The van der Waals surface area contributed by atoms with Crippen LogP contribution in [0.5, 0.6) is 0 Å². The first-order valence-corrected chi connectivity index (χ1v) is 9.09. The Hall–Kier alpha value is -0.130. The van der Waals surface area contributed by atoms with Crippen LogP contribution in [0.25, 0.3) is 0 Å². The molecule has 1 rings (SSSR count). The average Bonchev–Trinajstić information content (AvgIpc) is 2.26. The standard InChI is InChI=1S/C13H28N2O2S/c1-12(2)14-11-13-7-4-5-8-15(13)9-6-10-18(3,16)17/h12-14H,4-11H2,1-3H3. The number of nitrogens with one attached hydrogen (secondary N) is 1. The normalized spacial score (nSPS) is 22.6. The molecule has 0 aromatic carbocycles. The summed E-state index contributed by atoms with van der Waals surface area (Å²) in [5.74, 6) is 0.313. The molecule has 0 amide bonds. The van der Waals surface area contributed by atoms with Crippen molar-refractivity contribution < 1.29 is 8.42 Å². The van der Waals surface area contributed by atoms with Gasteiger partial charge in [-0.25, -0.2) is 8.42 Å². The molecule has 1 unspecified atom stereocenters. The summed E-state index contributed by atoms with van der Waals surface area (Å²) in [6.45, 7) is 7.38. The maximum atomic E-state index is 11.1. The highest BCUT2D eigenvalue weighted by Gasteiger charge is 2.22. The topological polar surface area (TPSA) is 49.4 Å². The number of hydrogen-bond donors (Lipinski definition) is 1. The maximum absolute atomic E-state index is 11.1. The highest BCUT2D eigenvalue weighted by atomic mass is 32.2. The van der Waals surface area contributed by atoms with Crippen LogP contribution >= 0.6 is 0 Å². The largest absolute Gasteiger partial charge is 0.313 e. The van der Waals surface area contributed by atoms with Gasteiger partial charge in [-0.2, -0.15) is 0 Å². The molecule has 0 aromatic heterocycles. The number of likely N-dealkylation sites (tertiary alicyclic amines) is 1. The van der Waals surface area contributed by atoms with E-state index in [1.807, 2.05) is 0 Å². The third-order valence-corrected chi connectivity index (χ3v) is 4.50. The van der Waals surface area contributed by atoms with Crippen molar-refractivity contribution in [2.45, 2.75) is 51.6 Å². The number of sulfone groups is 1. The van der Waals surface area contributed by atoms with Crippen LogP contribution in [0, 0.1) is 0 Å². The molecule has 5 heteroatoms. The van der Waals surface area contributed by atoms with Crippen molar-refractivity contribution >= 4 is 9.84 Å². The van der Waals surface area contributed by atoms with Gasteiger partial charge < -0.3 is 5.32 Å². The Morgan fingerprint density at radius 2 is 2.06 bits per heavy atom. The fourth-order valence-corrected chi connectivity index (χ4v) is 3.14. The molecule has 1 N–H and O–H groups in total. The van der Waals surface area contributed by atoms with Crippen molar-refractivity contribution in [1.82, 2.24) is 10.2 Å². The Labute approximate surface area is 112 Å². The van der Waals surface area contributed by atoms with Crippen LogP contribution in [0.1, 0.15) is 39.5 Å². The summed E-state index contributed by atoms with van der Waals surface area (Å²) >= 11 is 0. The Bertz CT molecular complexity index is 328. The zero-order valence-electron chi connectivity index (χ0n) is 12.0. The highest BCUT2D eigenvalue weighted by molar-refractivity contribution is 7.90. The molecule has 108 valence electrons. The van der Waals surface area contributed by atoms with Crippen LogP contribution in [0.3, 0.4) is 0 Å². The van der Waals surface area contributed by atoms with E-state index in [1.165, 1.54) is 25.5 Å². The average molecular weight is 276 g/mol. The van der Waals surface area contributed by atoms with Gasteiger partial charge in [-0.15, -0.1) is 0 Å². The minimum absolute atomic E-state index is 0.313. The quantitative estimate of drug-likeness (QED) is 0.761. The molecule has 1 fully saturated rings. The summed E-state index contributed by atoms with van der Waals surface area (Å²) in [6.07, 6.45) is 5.86. The molecule has 1 saturated heterocycles. The molecule has 1 atom stereocenters. The number of hydrogen-bond acceptors (Lipinski definition) is 4. The molecule has 0 aliphatic carbocycles. The van der Waals surface area contributed by atoms with Gasteiger partial charge in [-0.3, -0.25) is 4.90 Å². The Kier molecular flexibility index (Phi) is 6.60. The van der Waals surface area contributed by atoms with Gasteiger partial charge in [-0.05, 0) is 32.4 Å². The molecule has 1 aliphatic rings. The van der Waals surface area contributed by atoms with E-state index in [2.05, 4.69) is 24.1 Å². The lowest BCUT2D eigenvalue weighted by Gasteiger charge is -2.36. The van der Waals surface area contributed by atoms with Crippen molar-refractivity contribution in [3.05, 3.63) is 0 Å². The lowest BCUT2D eigenvalue weighted by molar-refractivity contribution is 0.144. The first-order valence-electron chi connectivity index (χ1n) is 7.03. The van der Waals surface area contributed by atoms with E-state index in [1.54, 1.807) is 0 Å². The van der Waals surface area contributed by atoms with E-state index in [9.17, 15) is 8.42 Å². The smallest absolute Gasteiger partial charge is 0.147 e. The van der Waals surface area contributed by atoms with Gasteiger partial charge in [0, 0.05) is 24.9 Å². The van der Waals surface area contributed by atoms with E-state index in [-0.39, 0.29) is 0 Å². The summed E-state index contributed by atoms with van der Waals surface area (Å²) in [6, 6.07) is 1.10. The van der Waals surface area contributed by atoms with Crippen molar-refractivity contribution in [3.8, 4) is 0 Å². The van der Waals surface area contributed by atoms with Crippen LogP contribution in [0.15, 0.2) is 0 Å². The molecule has 0 saturated carbocycles. The predicted molar refractivity (Wildman–Crippen MR) is 76.7 cm³/mol. The summed E-state index contributed by atoms with van der Waals surface area (Å²) < 4.78 is 22.3. The molecule has 0 radical (unpaired) electrons. The first-order chi connectivity index (χ1) is 8.38. The summed E-state index contributed by atoms with van der Waals surface area (Å²) in [5.41, 5.74) is 0. The van der Waals surface area contributed by atoms with Gasteiger partial charge in [0.25, 0.3) is 0 Å². The third kappa shape index (κ3) is 6.71. The first kappa shape index (κ1) is 15.9. The molecule has 4 nitrogen and oxygen atoms in total. The molecule has 0 aromatic rings. The number of nitrogens with zero attached hydrogens (tertiary/aromatic N) is 1. The SMILES string of the molecule is CC(C)NCC1CCCCN1CCCS(C)(=O)=O. The summed E-state index contributed by atoms with van der Waals surface area (Å²) in [4.78, 5) is 2.46. The second-order valence-electron chi connectivity index (χ2n) is 5.73. The Balaban J connectivity index is 2.34. The van der Waals surface area contributed by atoms with Crippen LogP contribution in [-0.4, -0.2) is 57.0 Å². The van der Waals surface area contributed by atoms with E-state index < -0.39 is 9.84 Å². The Morgan fingerprint density at radius 3 is 2.67 bits per heavy atom. The van der Waals surface area contributed by atoms with E-state index in [4.69, 9.17) is 0 Å². The lowest BCUT2D eigenvalue weighted by Crippen LogP contribution is -2.47. The Morgan fingerprint density at radius 1 is 1.33 bits per heavy atom. The fourth-order valence-electron chi connectivity index (χ4n) is 2.49. The minimum Gasteiger partial charge on any atom is -0.313 e. The van der Waals surface area contributed by atoms with E-state index >= 15 is 0 Å². The van der Waals surface area contributed by atoms with Crippen molar-refractivity contribution in [2.24, 2.45) is 0 Å². The monoisotopic (exact) mass is 276 g/mol. The second kappa shape index (κ2) is 7.46. The fraction of sp³-hybridized carbons (Fsp3) is 1.00. The van der Waals surface area contributed by atoms with Crippen LogP contribution in [0.2, 0.25) is 0 Å². The maximum Gasteiger partial charge on any atom is 0.147 e. The van der Waals surface area contributed by atoms with Gasteiger partial charge in [0.1, 0.15) is 9.84 Å². The van der Waals surface area contributed by atoms with E-state index in [0.717, 1.165) is 26.1 Å². The van der Waals surface area contributed by atoms with Crippen molar-refractivity contribution in [1.29, 1.82) is 0 Å². The lowest BCUT2D eigenvalue weighted by atomic mass is 10.0. The molecular weight excluding hydrogens is 248 g/mol. The molecule has 1 heterocycles. The molecule has 1 aliphatic heterocycles. The second-order valence-corrected chi connectivity index (χ2v) is 7.99. The predicted octanol–water partition coefficient (Wildman–Crippen LogP) is 1.27.